The molecule has 1 saturated heterocycles. The molecule has 1 aromatic rings. The molecule has 1 aromatic carbocycles. The second-order valence-electron chi connectivity index (χ2n) is 4.78. The van der Waals surface area contributed by atoms with E-state index < -0.39 is 10.0 Å². The van der Waals surface area contributed by atoms with Crippen LogP contribution >= 0.6 is 23.2 Å². The maximum absolute atomic E-state index is 12.6. The van der Waals surface area contributed by atoms with Crippen LogP contribution < -0.4 is 0 Å². The third kappa shape index (κ3) is 3.46. The van der Waals surface area contributed by atoms with Crippen LogP contribution in [-0.4, -0.2) is 38.5 Å². The minimum atomic E-state index is -3.54. The monoisotopic (exact) mass is 337 g/mol. The fourth-order valence-electron chi connectivity index (χ4n) is 2.12. The highest BCUT2D eigenvalue weighted by atomic mass is 35.5. The molecular formula is C13H17Cl2NO3S. The zero-order valence-corrected chi connectivity index (χ0v) is 13.5. The van der Waals surface area contributed by atoms with Crippen LogP contribution in [0.3, 0.4) is 0 Å². The van der Waals surface area contributed by atoms with Gasteiger partial charge in [-0.05, 0) is 31.0 Å². The summed E-state index contributed by atoms with van der Waals surface area (Å²) in [6.07, 6.45) is 0.585. The van der Waals surface area contributed by atoms with E-state index in [0.717, 1.165) is 5.56 Å². The second-order valence-corrected chi connectivity index (χ2v) is 7.40. The van der Waals surface area contributed by atoms with Crippen LogP contribution in [-0.2, 0) is 20.6 Å². The second kappa shape index (κ2) is 6.62. The maximum Gasteiger partial charge on any atom is 0.243 e. The minimum Gasteiger partial charge on any atom is -0.377 e. The number of ether oxygens (including phenoxy) is 1. The lowest BCUT2D eigenvalue weighted by atomic mass is 10.2. The topological polar surface area (TPSA) is 46.6 Å². The highest BCUT2D eigenvalue weighted by Crippen LogP contribution is 2.25. The van der Waals surface area contributed by atoms with Crippen molar-refractivity contribution < 1.29 is 13.2 Å². The van der Waals surface area contributed by atoms with Crippen molar-refractivity contribution in [2.75, 3.05) is 19.7 Å². The summed E-state index contributed by atoms with van der Waals surface area (Å²) in [6.45, 7) is 3.27. The van der Waals surface area contributed by atoms with E-state index in [0.29, 0.717) is 31.1 Å². The summed E-state index contributed by atoms with van der Waals surface area (Å²) >= 11 is 11.8. The largest absolute Gasteiger partial charge is 0.377 e. The van der Waals surface area contributed by atoms with Crippen molar-refractivity contribution >= 4 is 33.2 Å². The van der Waals surface area contributed by atoms with Crippen molar-refractivity contribution in [1.82, 2.24) is 4.31 Å². The van der Waals surface area contributed by atoms with Crippen molar-refractivity contribution in [3.8, 4) is 0 Å². The molecule has 1 aliphatic rings. The van der Waals surface area contributed by atoms with Gasteiger partial charge in [0.15, 0.2) is 0 Å². The van der Waals surface area contributed by atoms with E-state index in [1.807, 2.05) is 6.92 Å². The zero-order valence-electron chi connectivity index (χ0n) is 11.2. The van der Waals surface area contributed by atoms with Crippen molar-refractivity contribution in [3.63, 3.8) is 0 Å². The molecule has 20 heavy (non-hydrogen) atoms. The summed E-state index contributed by atoms with van der Waals surface area (Å²) in [6, 6.07) is 4.67. The Hall–Kier alpha value is -0.330. The summed E-state index contributed by atoms with van der Waals surface area (Å²) in [7, 11) is -3.54. The summed E-state index contributed by atoms with van der Waals surface area (Å²) in [4.78, 5) is 0.200. The Morgan fingerprint density at radius 1 is 1.45 bits per heavy atom. The summed E-state index contributed by atoms with van der Waals surface area (Å²) in [5, 5.41) is 0.375. The van der Waals surface area contributed by atoms with Gasteiger partial charge in [0.05, 0.1) is 11.0 Å². The minimum absolute atomic E-state index is 0.107. The first-order chi connectivity index (χ1) is 9.45. The van der Waals surface area contributed by atoms with Gasteiger partial charge in [-0.1, -0.05) is 17.7 Å². The van der Waals surface area contributed by atoms with Gasteiger partial charge in [0.2, 0.25) is 10.0 Å². The van der Waals surface area contributed by atoms with Crippen LogP contribution in [0.2, 0.25) is 5.02 Å². The van der Waals surface area contributed by atoms with Gasteiger partial charge in [-0.25, -0.2) is 8.42 Å². The van der Waals surface area contributed by atoms with Crippen LogP contribution in [0.15, 0.2) is 23.1 Å². The van der Waals surface area contributed by atoms with Gasteiger partial charge < -0.3 is 4.74 Å². The SMILES string of the molecule is CC1CN(S(=O)(=O)c2ccc(CCl)c(Cl)c2)CCCO1. The molecule has 0 aromatic heterocycles. The lowest BCUT2D eigenvalue weighted by molar-refractivity contribution is 0.0752. The molecular weight excluding hydrogens is 321 g/mol. The van der Waals surface area contributed by atoms with Gasteiger partial charge in [-0.2, -0.15) is 4.31 Å². The van der Waals surface area contributed by atoms with Crippen molar-refractivity contribution in [1.29, 1.82) is 0 Å². The van der Waals surface area contributed by atoms with Crippen LogP contribution in [0.5, 0.6) is 0 Å². The number of halogens is 2. The standard InChI is InChI=1S/C13H17Cl2NO3S/c1-10-9-16(5-2-6-19-10)20(17,18)12-4-3-11(8-14)13(15)7-12/h3-4,7,10H,2,5-6,8-9H2,1H3. The predicted molar refractivity (Wildman–Crippen MR) is 79.8 cm³/mol. The molecule has 1 unspecified atom stereocenters. The number of benzene rings is 1. The van der Waals surface area contributed by atoms with E-state index in [1.165, 1.54) is 10.4 Å². The van der Waals surface area contributed by atoms with Crippen molar-refractivity contribution in [2.24, 2.45) is 0 Å². The number of hydrogen-bond acceptors (Lipinski definition) is 3. The van der Waals surface area contributed by atoms with Crippen LogP contribution in [0, 0.1) is 0 Å². The van der Waals surface area contributed by atoms with E-state index in [-0.39, 0.29) is 16.9 Å². The Bertz CT molecular complexity index is 577. The number of nitrogens with zero attached hydrogens (tertiary/aromatic N) is 1. The fraction of sp³-hybridized carbons (Fsp3) is 0.538. The van der Waals surface area contributed by atoms with Crippen molar-refractivity contribution in [3.05, 3.63) is 28.8 Å². The first-order valence-corrected chi connectivity index (χ1v) is 8.76. The van der Waals surface area contributed by atoms with Crippen LogP contribution in [0.1, 0.15) is 18.9 Å². The average Bonchev–Trinajstić information content (AvgIpc) is 2.63. The summed E-state index contributed by atoms with van der Waals surface area (Å²) in [5.74, 6) is 0.258. The molecule has 0 aliphatic carbocycles. The predicted octanol–water partition coefficient (Wildman–Crippen LogP) is 2.88. The van der Waals surface area contributed by atoms with Gasteiger partial charge in [-0.15, -0.1) is 11.6 Å². The van der Waals surface area contributed by atoms with E-state index in [2.05, 4.69) is 0 Å². The number of rotatable bonds is 3. The number of sulfonamides is 1. The summed E-state index contributed by atoms with van der Waals surface area (Å²) < 4.78 is 32.2. The maximum atomic E-state index is 12.6. The number of hydrogen-bond donors (Lipinski definition) is 0. The highest BCUT2D eigenvalue weighted by molar-refractivity contribution is 7.89. The normalized spacial score (nSPS) is 21.6. The molecule has 0 bridgehead atoms. The first kappa shape index (κ1) is 16.0. The molecule has 4 nitrogen and oxygen atoms in total. The van der Waals surface area contributed by atoms with E-state index in [4.69, 9.17) is 27.9 Å². The van der Waals surface area contributed by atoms with Crippen molar-refractivity contribution in [2.45, 2.75) is 30.2 Å². The molecule has 112 valence electrons. The average molecular weight is 338 g/mol. The lowest BCUT2D eigenvalue weighted by Crippen LogP contribution is -2.35. The Morgan fingerprint density at radius 2 is 2.20 bits per heavy atom. The Morgan fingerprint density at radius 3 is 2.85 bits per heavy atom. The van der Waals surface area contributed by atoms with Crippen LogP contribution in [0.4, 0.5) is 0 Å². The molecule has 0 spiro atoms. The van der Waals surface area contributed by atoms with E-state index in [1.54, 1.807) is 12.1 Å². The molecule has 1 aliphatic heterocycles. The number of alkyl halides is 1. The van der Waals surface area contributed by atoms with Gasteiger partial charge >= 0.3 is 0 Å². The summed E-state index contributed by atoms with van der Waals surface area (Å²) in [5.41, 5.74) is 0.722. The lowest BCUT2D eigenvalue weighted by Gasteiger charge is -2.22. The molecule has 7 heteroatoms. The zero-order chi connectivity index (χ0) is 14.8. The molecule has 2 rings (SSSR count). The van der Waals surface area contributed by atoms with Gasteiger partial charge in [-0.3, -0.25) is 0 Å². The smallest absolute Gasteiger partial charge is 0.243 e. The Balaban J connectivity index is 2.31. The molecule has 0 amide bonds. The third-order valence-electron chi connectivity index (χ3n) is 3.22. The molecule has 1 heterocycles. The van der Waals surface area contributed by atoms with E-state index in [9.17, 15) is 8.42 Å². The van der Waals surface area contributed by atoms with Gasteiger partial charge in [0.1, 0.15) is 0 Å². The van der Waals surface area contributed by atoms with Crippen LogP contribution in [0.25, 0.3) is 0 Å². The first-order valence-electron chi connectivity index (χ1n) is 6.41. The third-order valence-corrected chi connectivity index (χ3v) is 5.72. The molecule has 0 radical (unpaired) electrons. The van der Waals surface area contributed by atoms with Gasteiger partial charge in [0, 0.05) is 30.6 Å². The van der Waals surface area contributed by atoms with E-state index >= 15 is 0 Å². The Kier molecular flexibility index (Phi) is 5.31. The molecule has 1 atom stereocenters. The quantitative estimate of drug-likeness (QED) is 0.796. The van der Waals surface area contributed by atoms with Gasteiger partial charge in [0.25, 0.3) is 0 Å². The Labute approximate surface area is 129 Å². The molecule has 1 fully saturated rings. The molecule has 0 N–H and O–H groups in total. The fourth-order valence-corrected chi connectivity index (χ4v) is 4.31. The molecule has 0 saturated carbocycles. The highest BCUT2D eigenvalue weighted by Gasteiger charge is 2.28.